The highest BCUT2D eigenvalue weighted by Crippen LogP contribution is 2.36. The number of methoxy groups -OCH3 is 1. The van der Waals surface area contributed by atoms with Crippen LogP contribution in [-0.4, -0.2) is 26.3 Å². The second kappa shape index (κ2) is 4.83. The first kappa shape index (κ1) is 10.0. The van der Waals surface area contributed by atoms with Gasteiger partial charge in [0.15, 0.2) is 0 Å². The Bertz CT molecular complexity index is 123. The molecular weight excluding hydrogens is 150 g/mol. The summed E-state index contributed by atoms with van der Waals surface area (Å²) in [6.45, 7) is 6.47. The molecule has 2 heteroatoms. The SMILES string of the molecule is COCC(C)NCC(C)C1CC1. The molecule has 2 unspecified atom stereocenters. The highest BCUT2D eigenvalue weighted by Gasteiger charge is 2.27. The largest absolute Gasteiger partial charge is 0.383 e. The summed E-state index contributed by atoms with van der Waals surface area (Å²) < 4.78 is 5.05. The predicted molar refractivity (Wildman–Crippen MR) is 51.2 cm³/mol. The Morgan fingerprint density at radius 2 is 2.08 bits per heavy atom. The number of hydrogen-bond acceptors (Lipinski definition) is 2. The second-order valence-electron chi connectivity index (χ2n) is 4.08. The van der Waals surface area contributed by atoms with Gasteiger partial charge in [0.1, 0.15) is 0 Å². The van der Waals surface area contributed by atoms with E-state index in [2.05, 4.69) is 19.2 Å². The van der Waals surface area contributed by atoms with E-state index in [1.165, 1.54) is 12.8 Å². The van der Waals surface area contributed by atoms with Crippen LogP contribution in [0.4, 0.5) is 0 Å². The van der Waals surface area contributed by atoms with Crippen molar-refractivity contribution in [1.82, 2.24) is 5.32 Å². The van der Waals surface area contributed by atoms with Gasteiger partial charge in [-0.15, -0.1) is 0 Å². The van der Waals surface area contributed by atoms with Crippen molar-refractivity contribution < 1.29 is 4.74 Å². The summed E-state index contributed by atoms with van der Waals surface area (Å²) in [5.74, 6) is 1.86. The minimum absolute atomic E-state index is 0.496. The zero-order valence-corrected chi connectivity index (χ0v) is 8.47. The molecule has 0 spiro atoms. The molecule has 0 aliphatic heterocycles. The van der Waals surface area contributed by atoms with Gasteiger partial charge in [-0.3, -0.25) is 0 Å². The van der Waals surface area contributed by atoms with Crippen molar-refractivity contribution >= 4 is 0 Å². The van der Waals surface area contributed by atoms with E-state index in [9.17, 15) is 0 Å². The van der Waals surface area contributed by atoms with E-state index in [1.807, 2.05) is 0 Å². The van der Waals surface area contributed by atoms with Crippen molar-refractivity contribution in [3.63, 3.8) is 0 Å². The van der Waals surface area contributed by atoms with Crippen molar-refractivity contribution in [3.05, 3.63) is 0 Å². The van der Waals surface area contributed by atoms with Crippen molar-refractivity contribution in [2.45, 2.75) is 32.7 Å². The normalized spacial score (nSPS) is 22.2. The zero-order valence-electron chi connectivity index (χ0n) is 8.47. The van der Waals surface area contributed by atoms with Gasteiger partial charge in [0.25, 0.3) is 0 Å². The third-order valence-corrected chi connectivity index (χ3v) is 2.63. The average Bonchev–Trinajstić information content (AvgIpc) is 2.83. The lowest BCUT2D eigenvalue weighted by Gasteiger charge is -2.16. The molecular formula is C10H21NO. The molecule has 0 bridgehead atoms. The fraction of sp³-hybridized carbons (Fsp3) is 1.00. The van der Waals surface area contributed by atoms with E-state index in [0.29, 0.717) is 6.04 Å². The quantitative estimate of drug-likeness (QED) is 0.656. The maximum Gasteiger partial charge on any atom is 0.0613 e. The summed E-state index contributed by atoms with van der Waals surface area (Å²) in [6.07, 6.45) is 2.89. The third-order valence-electron chi connectivity index (χ3n) is 2.63. The topological polar surface area (TPSA) is 21.3 Å². The fourth-order valence-corrected chi connectivity index (χ4v) is 1.53. The number of rotatable bonds is 6. The lowest BCUT2D eigenvalue weighted by molar-refractivity contribution is 0.169. The summed E-state index contributed by atoms with van der Waals surface area (Å²) in [6, 6.07) is 0.496. The molecule has 2 nitrogen and oxygen atoms in total. The number of ether oxygens (including phenoxy) is 1. The third kappa shape index (κ3) is 3.55. The van der Waals surface area contributed by atoms with Crippen LogP contribution in [0.3, 0.4) is 0 Å². The van der Waals surface area contributed by atoms with Crippen molar-refractivity contribution in [1.29, 1.82) is 0 Å². The van der Waals surface area contributed by atoms with Crippen LogP contribution in [0.25, 0.3) is 0 Å². The lowest BCUT2D eigenvalue weighted by atomic mass is 10.1. The van der Waals surface area contributed by atoms with Gasteiger partial charge in [-0.2, -0.15) is 0 Å². The molecule has 0 aromatic carbocycles. The van der Waals surface area contributed by atoms with E-state index in [-0.39, 0.29) is 0 Å². The van der Waals surface area contributed by atoms with Gasteiger partial charge >= 0.3 is 0 Å². The minimum Gasteiger partial charge on any atom is -0.383 e. The summed E-state index contributed by atoms with van der Waals surface area (Å²) in [5, 5.41) is 3.48. The Morgan fingerprint density at radius 1 is 1.42 bits per heavy atom. The molecule has 12 heavy (non-hydrogen) atoms. The summed E-state index contributed by atoms with van der Waals surface area (Å²) >= 11 is 0. The molecule has 0 aromatic rings. The molecule has 0 aromatic heterocycles. The van der Waals surface area contributed by atoms with Crippen LogP contribution in [0, 0.1) is 11.8 Å². The van der Waals surface area contributed by atoms with Crippen LogP contribution in [0.2, 0.25) is 0 Å². The molecule has 1 saturated carbocycles. The Morgan fingerprint density at radius 3 is 2.58 bits per heavy atom. The summed E-state index contributed by atoms with van der Waals surface area (Å²) in [4.78, 5) is 0. The first-order chi connectivity index (χ1) is 5.74. The standard InChI is InChI=1S/C10H21NO/c1-8(10-4-5-10)6-11-9(2)7-12-3/h8-11H,4-7H2,1-3H3. The Hall–Kier alpha value is -0.0800. The van der Waals surface area contributed by atoms with Gasteiger partial charge in [-0.1, -0.05) is 6.92 Å². The van der Waals surface area contributed by atoms with E-state index in [1.54, 1.807) is 7.11 Å². The van der Waals surface area contributed by atoms with E-state index < -0.39 is 0 Å². The molecule has 1 aliphatic carbocycles. The van der Waals surface area contributed by atoms with Crippen LogP contribution in [0.1, 0.15) is 26.7 Å². The molecule has 1 N–H and O–H groups in total. The first-order valence-electron chi connectivity index (χ1n) is 4.96. The molecule has 2 atom stereocenters. The van der Waals surface area contributed by atoms with Crippen LogP contribution in [-0.2, 0) is 4.74 Å². The predicted octanol–water partition coefficient (Wildman–Crippen LogP) is 1.66. The minimum atomic E-state index is 0.496. The molecule has 1 aliphatic rings. The molecule has 72 valence electrons. The molecule has 1 fully saturated rings. The zero-order chi connectivity index (χ0) is 8.97. The molecule has 0 radical (unpaired) electrons. The van der Waals surface area contributed by atoms with E-state index in [4.69, 9.17) is 4.74 Å². The highest BCUT2D eigenvalue weighted by atomic mass is 16.5. The Balaban J connectivity index is 1.99. The number of nitrogens with one attached hydrogen (secondary N) is 1. The van der Waals surface area contributed by atoms with Gasteiger partial charge in [0, 0.05) is 13.2 Å². The smallest absolute Gasteiger partial charge is 0.0613 e. The first-order valence-corrected chi connectivity index (χ1v) is 4.96. The van der Waals surface area contributed by atoms with Gasteiger partial charge in [0.05, 0.1) is 6.61 Å². The van der Waals surface area contributed by atoms with Crippen LogP contribution >= 0.6 is 0 Å². The summed E-state index contributed by atoms with van der Waals surface area (Å²) in [7, 11) is 1.75. The molecule has 0 saturated heterocycles. The summed E-state index contributed by atoms with van der Waals surface area (Å²) in [5.41, 5.74) is 0. The van der Waals surface area contributed by atoms with Gasteiger partial charge in [0.2, 0.25) is 0 Å². The van der Waals surface area contributed by atoms with Gasteiger partial charge in [-0.25, -0.2) is 0 Å². The van der Waals surface area contributed by atoms with Crippen LogP contribution < -0.4 is 5.32 Å². The fourth-order valence-electron chi connectivity index (χ4n) is 1.53. The van der Waals surface area contributed by atoms with Gasteiger partial charge < -0.3 is 10.1 Å². The highest BCUT2D eigenvalue weighted by molar-refractivity contribution is 4.80. The van der Waals surface area contributed by atoms with Crippen molar-refractivity contribution in [2.24, 2.45) is 11.8 Å². The Kier molecular flexibility index (Phi) is 4.02. The molecule has 0 amide bonds. The maximum absolute atomic E-state index is 5.05. The Labute approximate surface area is 75.7 Å². The number of hydrogen-bond donors (Lipinski definition) is 1. The lowest BCUT2D eigenvalue weighted by Crippen LogP contribution is -2.34. The van der Waals surface area contributed by atoms with Crippen molar-refractivity contribution in [2.75, 3.05) is 20.3 Å². The average molecular weight is 171 g/mol. The monoisotopic (exact) mass is 171 g/mol. The van der Waals surface area contributed by atoms with Gasteiger partial charge in [-0.05, 0) is 38.1 Å². The molecule has 0 heterocycles. The molecule has 1 rings (SSSR count). The van der Waals surface area contributed by atoms with E-state index >= 15 is 0 Å². The maximum atomic E-state index is 5.05. The van der Waals surface area contributed by atoms with Crippen LogP contribution in [0.5, 0.6) is 0 Å². The van der Waals surface area contributed by atoms with Crippen LogP contribution in [0.15, 0.2) is 0 Å². The van der Waals surface area contributed by atoms with E-state index in [0.717, 1.165) is 25.0 Å². The second-order valence-corrected chi connectivity index (χ2v) is 4.08. The van der Waals surface area contributed by atoms with Crippen molar-refractivity contribution in [3.8, 4) is 0 Å².